The van der Waals surface area contributed by atoms with E-state index >= 15 is 0 Å². The lowest BCUT2D eigenvalue weighted by Crippen LogP contribution is -2.35. The molecule has 23 heavy (non-hydrogen) atoms. The van der Waals surface area contributed by atoms with Crippen molar-refractivity contribution >= 4 is 21.7 Å². The van der Waals surface area contributed by atoms with E-state index in [1.54, 1.807) is 13.8 Å². The fourth-order valence-corrected chi connectivity index (χ4v) is 2.69. The fourth-order valence-electron chi connectivity index (χ4n) is 1.95. The van der Waals surface area contributed by atoms with E-state index in [-0.39, 0.29) is 11.6 Å². The van der Waals surface area contributed by atoms with Crippen molar-refractivity contribution in [1.29, 1.82) is 0 Å². The molecule has 1 rings (SSSR count). The Hall–Kier alpha value is -1.81. The third-order valence-corrected chi connectivity index (χ3v) is 4.36. The van der Waals surface area contributed by atoms with E-state index in [0.29, 0.717) is 18.6 Å². The van der Waals surface area contributed by atoms with Crippen molar-refractivity contribution in [3.05, 3.63) is 23.8 Å². The van der Waals surface area contributed by atoms with Crippen LogP contribution in [-0.4, -0.2) is 25.5 Å². The summed E-state index contributed by atoms with van der Waals surface area (Å²) < 4.78 is 61.6. The van der Waals surface area contributed by atoms with E-state index in [2.05, 4.69) is 5.32 Å². The molecule has 0 heterocycles. The second kappa shape index (κ2) is 6.75. The first-order valence-corrected chi connectivity index (χ1v) is 8.16. The molecule has 0 radical (unpaired) electrons. The number of primary sulfonamides is 1. The van der Waals surface area contributed by atoms with Gasteiger partial charge in [0, 0.05) is 5.69 Å². The number of benzene rings is 1. The van der Waals surface area contributed by atoms with E-state index in [4.69, 9.17) is 10.2 Å². The first kappa shape index (κ1) is 19.2. The SMILES string of the molecule is CC[C@H](C)[C@H](Nc1ccc(S(N)(=O)=O)c(C(F)(F)F)c1)C(=O)O. The number of carboxylic acid groups (broad SMARTS) is 1. The van der Waals surface area contributed by atoms with Gasteiger partial charge in [-0.05, 0) is 24.1 Å². The molecule has 0 fully saturated rings. The smallest absolute Gasteiger partial charge is 0.417 e. The van der Waals surface area contributed by atoms with E-state index in [1.165, 1.54) is 0 Å². The molecule has 0 aromatic heterocycles. The van der Waals surface area contributed by atoms with E-state index in [9.17, 15) is 26.4 Å². The van der Waals surface area contributed by atoms with Crippen LogP contribution < -0.4 is 10.5 Å². The molecule has 1 aromatic carbocycles. The lowest BCUT2D eigenvalue weighted by molar-refractivity contribution is -0.140. The maximum atomic E-state index is 13.0. The lowest BCUT2D eigenvalue weighted by Gasteiger charge is -2.22. The number of hydrogen-bond acceptors (Lipinski definition) is 4. The zero-order valence-corrected chi connectivity index (χ0v) is 13.2. The van der Waals surface area contributed by atoms with E-state index in [0.717, 1.165) is 6.07 Å². The van der Waals surface area contributed by atoms with Crippen LogP contribution in [0, 0.1) is 5.92 Å². The van der Waals surface area contributed by atoms with Crippen LogP contribution in [0.1, 0.15) is 25.8 Å². The summed E-state index contributed by atoms with van der Waals surface area (Å²) in [5.74, 6) is -1.57. The monoisotopic (exact) mass is 354 g/mol. The number of nitrogens with two attached hydrogens (primary N) is 1. The Labute approximate surface area is 131 Å². The molecule has 0 bridgehead atoms. The van der Waals surface area contributed by atoms with Gasteiger partial charge in [0.05, 0.1) is 10.5 Å². The van der Waals surface area contributed by atoms with E-state index < -0.39 is 38.7 Å². The van der Waals surface area contributed by atoms with Gasteiger partial charge >= 0.3 is 12.1 Å². The molecule has 130 valence electrons. The van der Waals surface area contributed by atoms with Crippen molar-refractivity contribution in [3.8, 4) is 0 Å². The van der Waals surface area contributed by atoms with E-state index in [1.807, 2.05) is 0 Å². The molecule has 0 unspecified atom stereocenters. The van der Waals surface area contributed by atoms with Crippen LogP contribution in [0.5, 0.6) is 0 Å². The predicted octanol–water partition coefficient (Wildman–Crippen LogP) is 2.26. The van der Waals surface area contributed by atoms with Crippen molar-refractivity contribution in [3.63, 3.8) is 0 Å². The number of alkyl halides is 3. The van der Waals surface area contributed by atoms with Crippen LogP contribution in [0.25, 0.3) is 0 Å². The number of anilines is 1. The number of sulfonamides is 1. The zero-order chi connectivity index (χ0) is 18.0. The Balaban J connectivity index is 3.33. The van der Waals surface area contributed by atoms with Gasteiger partial charge < -0.3 is 10.4 Å². The Morgan fingerprint density at radius 1 is 1.39 bits per heavy atom. The highest BCUT2D eigenvalue weighted by molar-refractivity contribution is 7.89. The summed E-state index contributed by atoms with van der Waals surface area (Å²) in [5, 5.41) is 16.4. The van der Waals surface area contributed by atoms with Crippen molar-refractivity contribution in [2.24, 2.45) is 11.1 Å². The number of aliphatic carboxylic acids is 1. The van der Waals surface area contributed by atoms with Crippen molar-refractivity contribution in [1.82, 2.24) is 0 Å². The number of carbonyl (C=O) groups is 1. The van der Waals surface area contributed by atoms with Crippen LogP contribution in [0.15, 0.2) is 23.1 Å². The van der Waals surface area contributed by atoms with Gasteiger partial charge in [-0.25, -0.2) is 18.4 Å². The second-order valence-corrected chi connectivity index (χ2v) is 6.63. The highest BCUT2D eigenvalue weighted by Gasteiger charge is 2.37. The molecule has 0 spiro atoms. The zero-order valence-electron chi connectivity index (χ0n) is 12.4. The Morgan fingerprint density at radius 3 is 2.35 bits per heavy atom. The van der Waals surface area contributed by atoms with Gasteiger partial charge in [0.1, 0.15) is 6.04 Å². The summed E-state index contributed by atoms with van der Waals surface area (Å²) in [6, 6.07) is 1.18. The molecule has 1 aromatic rings. The van der Waals surface area contributed by atoms with Gasteiger partial charge in [0.15, 0.2) is 0 Å². The summed E-state index contributed by atoms with van der Waals surface area (Å²) in [6.07, 6.45) is -4.46. The first-order valence-electron chi connectivity index (χ1n) is 6.61. The molecule has 6 nitrogen and oxygen atoms in total. The average Bonchev–Trinajstić information content (AvgIpc) is 2.41. The Bertz CT molecular complexity index is 689. The largest absolute Gasteiger partial charge is 0.480 e. The molecule has 0 saturated carbocycles. The standard InChI is InChI=1S/C13H17F3N2O4S/c1-3-7(2)11(12(19)20)18-8-4-5-10(23(17,21)22)9(6-8)13(14,15)16/h4-7,11,18H,3H2,1-2H3,(H,19,20)(H2,17,21,22)/t7-,11-/m0/s1. The minimum absolute atomic E-state index is 0.155. The Morgan fingerprint density at radius 2 is 1.96 bits per heavy atom. The minimum Gasteiger partial charge on any atom is -0.480 e. The second-order valence-electron chi connectivity index (χ2n) is 5.10. The van der Waals surface area contributed by atoms with Gasteiger partial charge in [0.2, 0.25) is 10.0 Å². The summed E-state index contributed by atoms with van der Waals surface area (Å²) in [6.45, 7) is 3.38. The first-order chi connectivity index (χ1) is 10.4. The average molecular weight is 354 g/mol. The molecule has 0 amide bonds. The maximum Gasteiger partial charge on any atom is 0.417 e. The van der Waals surface area contributed by atoms with Crippen molar-refractivity contribution in [2.75, 3.05) is 5.32 Å². The number of halogens is 3. The molecular weight excluding hydrogens is 337 g/mol. The third-order valence-electron chi connectivity index (χ3n) is 3.39. The predicted molar refractivity (Wildman–Crippen MR) is 77.3 cm³/mol. The maximum absolute atomic E-state index is 13.0. The normalized spacial score (nSPS) is 15.0. The lowest BCUT2D eigenvalue weighted by atomic mass is 9.99. The third kappa shape index (κ3) is 4.83. The molecule has 0 aliphatic heterocycles. The Kier molecular flexibility index (Phi) is 5.65. The van der Waals surface area contributed by atoms with Crippen LogP contribution in [0.3, 0.4) is 0 Å². The molecular formula is C13H17F3N2O4S. The summed E-state index contributed by atoms with van der Waals surface area (Å²) in [5.41, 5.74) is -1.60. The van der Waals surface area contributed by atoms with Gasteiger partial charge in [-0.2, -0.15) is 13.2 Å². The number of hydrogen-bond donors (Lipinski definition) is 3. The molecule has 10 heteroatoms. The molecule has 2 atom stereocenters. The number of nitrogens with one attached hydrogen (secondary N) is 1. The molecule has 0 saturated heterocycles. The van der Waals surface area contributed by atoms with Crippen LogP contribution in [-0.2, 0) is 21.0 Å². The van der Waals surface area contributed by atoms with Gasteiger partial charge in [-0.3, -0.25) is 0 Å². The van der Waals surface area contributed by atoms with Crippen LogP contribution in [0.2, 0.25) is 0 Å². The quantitative estimate of drug-likeness (QED) is 0.726. The van der Waals surface area contributed by atoms with Gasteiger partial charge in [0.25, 0.3) is 0 Å². The molecule has 4 N–H and O–H groups in total. The van der Waals surface area contributed by atoms with Crippen molar-refractivity contribution in [2.45, 2.75) is 37.4 Å². The molecule has 0 aliphatic carbocycles. The minimum atomic E-state index is -4.95. The summed E-state index contributed by atoms with van der Waals surface area (Å²) in [4.78, 5) is 10.1. The van der Waals surface area contributed by atoms with Gasteiger partial charge in [-0.15, -0.1) is 0 Å². The van der Waals surface area contributed by atoms with Crippen LogP contribution >= 0.6 is 0 Å². The van der Waals surface area contributed by atoms with Crippen molar-refractivity contribution < 1.29 is 31.5 Å². The van der Waals surface area contributed by atoms with Gasteiger partial charge in [-0.1, -0.05) is 20.3 Å². The molecule has 0 aliphatic rings. The summed E-state index contributed by atoms with van der Waals surface area (Å²) >= 11 is 0. The summed E-state index contributed by atoms with van der Waals surface area (Å²) in [7, 11) is -4.56. The van der Waals surface area contributed by atoms with Crippen LogP contribution in [0.4, 0.5) is 18.9 Å². The number of carboxylic acids is 1. The topological polar surface area (TPSA) is 109 Å². The highest BCUT2D eigenvalue weighted by Crippen LogP contribution is 2.35. The highest BCUT2D eigenvalue weighted by atomic mass is 32.2. The fraction of sp³-hybridized carbons (Fsp3) is 0.462. The number of rotatable bonds is 6.